The van der Waals surface area contributed by atoms with Crippen LogP contribution in [-0.4, -0.2) is 38.7 Å². The number of benzene rings is 2. The standard InChI is InChI=1S/C26H33FN2O2S/c1-2-32(30,31)28-26-11-8-21-4-3-5-23(18-24(21)19-26)22-13-16-29(17-14-22)15-12-20-6-9-25(27)10-7-20/h5-11,19,22,28H,2-4,12-18H2,1H3. The lowest BCUT2D eigenvalue weighted by Crippen LogP contribution is -2.35. The van der Waals surface area contributed by atoms with Gasteiger partial charge in [-0.3, -0.25) is 4.72 Å². The Bertz CT molecular complexity index is 1060. The number of likely N-dealkylation sites (tertiary alicyclic amines) is 1. The topological polar surface area (TPSA) is 49.4 Å². The highest BCUT2D eigenvalue weighted by atomic mass is 32.2. The van der Waals surface area contributed by atoms with Crippen molar-refractivity contribution in [3.05, 3.63) is 76.6 Å². The van der Waals surface area contributed by atoms with Crippen LogP contribution in [0.1, 0.15) is 42.9 Å². The third kappa shape index (κ3) is 5.99. The number of nitrogens with one attached hydrogen (secondary N) is 1. The van der Waals surface area contributed by atoms with E-state index in [1.165, 1.54) is 34.4 Å². The first-order valence-corrected chi connectivity index (χ1v) is 13.3. The van der Waals surface area contributed by atoms with Gasteiger partial charge in [-0.05, 0) is 105 Å². The van der Waals surface area contributed by atoms with Gasteiger partial charge in [-0.15, -0.1) is 0 Å². The molecule has 0 radical (unpaired) electrons. The number of fused-ring (bicyclic) bond motifs is 1. The molecule has 1 aliphatic heterocycles. The molecule has 4 rings (SSSR count). The maximum Gasteiger partial charge on any atom is 0.232 e. The van der Waals surface area contributed by atoms with Gasteiger partial charge >= 0.3 is 0 Å². The van der Waals surface area contributed by atoms with Crippen molar-refractivity contribution in [2.75, 3.05) is 30.1 Å². The van der Waals surface area contributed by atoms with E-state index in [0.29, 0.717) is 11.6 Å². The van der Waals surface area contributed by atoms with E-state index in [4.69, 9.17) is 0 Å². The number of piperidine rings is 1. The molecule has 32 heavy (non-hydrogen) atoms. The molecule has 0 amide bonds. The molecule has 4 nitrogen and oxygen atoms in total. The number of anilines is 1. The first kappa shape index (κ1) is 23.0. The lowest BCUT2D eigenvalue weighted by atomic mass is 9.85. The Morgan fingerprint density at radius 2 is 1.81 bits per heavy atom. The molecule has 0 unspecified atom stereocenters. The number of hydrogen-bond acceptors (Lipinski definition) is 3. The molecule has 1 aliphatic carbocycles. The summed E-state index contributed by atoms with van der Waals surface area (Å²) < 4.78 is 39.7. The van der Waals surface area contributed by atoms with Crippen LogP contribution in [-0.2, 0) is 29.3 Å². The maximum absolute atomic E-state index is 13.1. The molecule has 172 valence electrons. The number of rotatable bonds is 7. The van der Waals surface area contributed by atoms with Gasteiger partial charge in [0.1, 0.15) is 5.82 Å². The third-order valence-electron chi connectivity index (χ3n) is 6.82. The van der Waals surface area contributed by atoms with E-state index >= 15 is 0 Å². The molecule has 2 aliphatic rings. The zero-order valence-electron chi connectivity index (χ0n) is 18.8. The van der Waals surface area contributed by atoms with Crippen molar-refractivity contribution in [3.8, 4) is 0 Å². The first-order chi connectivity index (χ1) is 15.4. The number of sulfonamides is 1. The fourth-order valence-electron chi connectivity index (χ4n) is 4.83. The molecule has 1 saturated heterocycles. The fourth-order valence-corrected chi connectivity index (χ4v) is 5.46. The molecule has 0 saturated carbocycles. The summed E-state index contributed by atoms with van der Waals surface area (Å²) in [5, 5.41) is 0. The Morgan fingerprint density at radius 3 is 2.53 bits per heavy atom. The van der Waals surface area contributed by atoms with Crippen molar-refractivity contribution in [1.29, 1.82) is 0 Å². The first-order valence-electron chi connectivity index (χ1n) is 11.7. The molecule has 0 aromatic heterocycles. The maximum atomic E-state index is 13.1. The number of halogens is 1. The second kappa shape index (κ2) is 10.2. The Balaban J connectivity index is 1.34. The molecular formula is C26H33FN2O2S. The molecule has 0 atom stereocenters. The van der Waals surface area contributed by atoms with E-state index in [1.807, 2.05) is 24.3 Å². The quantitative estimate of drug-likeness (QED) is 0.600. The van der Waals surface area contributed by atoms with Crippen LogP contribution in [0.4, 0.5) is 10.1 Å². The molecule has 2 aromatic carbocycles. The summed E-state index contributed by atoms with van der Waals surface area (Å²) in [5.41, 5.74) is 5.95. The van der Waals surface area contributed by atoms with Gasteiger partial charge < -0.3 is 4.90 Å². The van der Waals surface area contributed by atoms with Crippen LogP contribution in [0.2, 0.25) is 0 Å². The molecule has 6 heteroatoms. The summed E-state index contributed by atoms with van der Waals surface area (Å²) in [6, 6.07) is 12.8. The summed E-state index contributed by atoms with van der Waals surface area (Å²) in [6.07, 6.45) is 8.67. The minimum Gasteiger partial charge on any atom is -0.303 e. The molecule has 1 fully saturated rings. The predicted octanol–water partition coefficient (Wildman–Crippen LogP) is 4.96. The van der Waals surface area contributed by atoms with Crippen molar-refractivity contribution >= 4 is 15.7 Å². The number of nitrogens with zero attached hydrogens (tertiary/aromatic N) is 1. The summed E-state index contributed by atoms with van der Waals surface area (Å²) in [5.74, 6) is 0.497. The molecule has 0 bridgehead atoms. The average molecular weight is 457 g/mol. The van der Waals surface area contributed by atoms with Gasteiger partial charge in [-0.25, -0.2) is 12.8 Å². The molecule has 1 heterocycles. The van der Waals surface area contributed by atoms with E-state index in [9.17, 15) is 12.8 Å². The van der Waals surface area contributed by atoms with Gasteiger partial charge in [0.2, 0.25) is 10.0 Å². The normalized spacial score (nSPS) is 18.0. The van der Waals surface area contributed by atoms with Gasteiger partial charge in [0.05, 0.1) is 5.75 Å². The summed E-state index contributed by atoms with van der Waals surface area (Å²) >= 11 is 0. The van der Waals surface area contributed by atoms with Crippen LogP contribution in [0.25, 0.3) is 0 Å². The SMILES string of the molecule is CCS(=O)(=O)Nc1ccc2c(c1)CC(C1CCN(CCc3ccc(F)cc3)CC1)=CCC2. The zero-order chi connectivity index (χ0) is 22.6. The Kier molecular flexibility index (Phi) is 7.31. The summed E-state index contributed by atoms with van der Waals surface area (Å²) in [7, 11) is -3.26. The number of allylic oxidation sites excluding steroid dienone is 2. The lowest BCUT2D eigenvalue weighted by Gasteiger charge is -2.33. The number of aryl methyl sites for hydroxylation is 1. The van der Waals surface area contributed by atoms with Crippen LogP contribution in [0.5, 0.6) is 0 Å². The third-order valence-corrected chi connectivity index (χ3v) is 8.12. The van der Waals surface area contributed by atoms with Crippen LogP contribution in [0.3, 0.4) is 0 Å². The fraction of sp³-hybridized carbons (Fsp3) is 0.462. The number of hydrogen-bond donors (Lipinski definition) is 1. The highest BCUT2D eigenvalue weighted by Crippen LogP contribution is 2.32. The smallest absolute Gasteiger partial charge is 0.232 e. The highest BCUT2D eigenvalue weighted by Gasteiger charge is 2.24. The Labute approximate surface area is 191 Å². The highest BCUT2D eigenvalue weighted by molar-refractivity contribution is 7.92. The van der Waals surface area contributed by atoms with Crippen LogP contribution < -0.4 is 4.72 Å². The largest absolute Gasteiger partial charge is 0.303 e. The predicted molar refractivity (Wildman–Crippen MR) is 129 cm³/mol. The Morgan fingerprint density at radius 1 is 1.06 bits per heavy atom. The van der Waals surface area contributed by atoms with Crippen molar-refractivity contribution in [3.63, 3.8) is 0 Å². The van der Waals surface area contributed by atoms with Gasteiger partial charge in [0.15, 0.2) is 0 Å². The van der Waals surface area contributed by atoms with Crippen molar-refractivity contribution in [1.82, 2.24) is 4.90 Å². The molecule has 0 spiro atoms. The van der Waals surface area contributed by atoms with Gasteiger partial charge in [-0.2, -0.15) is 0 Å². The zero-order valence-corrected chi connectivity index (χ0v) is 19.6. The van der Waals surface area contributed by atoms with Gasteiger partial charge in [0, 0.05) is 12.2 Å². The van der Waals surface area contributed by atoms with E-state index in [2.05, 4.69) is 21.8 Å². The van der Waals surface area contributed by atoms with Crippen LogP contribution >= 0.6 is 0 Å². The summed E-state index contributed by atoms with van der Waals surface area (Å²) in [6.45, 7) is 4.85. The van der Waals surface area contributed by atoms with Crippen molar-refractivity contribution in [2.45, 2.75) is 45.4 Å². The second-order valence-corrected chi connectivity index (χ2v) is 11.0. The minimum absolute atomic E-state index is 0.0783. The molecular weight excluding hydrogens is 423 g/mol. The minimum atomic E-state index is -3.26. The van der Waals surface area contributed by atoms with E-state index in [1.54, 1.807) is 6.92 Å². The van der Waals surface area contributed by atoms with Crippen LogP contribution in [0.15, 0.2) is 54.1 Å². The molecule has 2 aromatic rings. The Hall–Kier alpha value is -2.18. The second-order valence-electron chi connectivity index (χ2n) is 8.98. The molecule has 1 N–H and O–H groups in total. The van der Waals surface area contributed by atoms with Crippen molar-refractivity contribution < 1.29 is 12.8 Å². The van der Waals surface area contributed by atoms with Crippen LogP contribution in [0, 0.1) is 11.7 Å². The lowest BCUT2D eigenvalue weighted by molar-refractivity contribution is 0.199. The van der Waals surface area contributed by atoms with E-state index in [-0.39, 0.29) is 11.6 Å². The van der Waals surface area contributed by atoms with E-state index < -0.39 is 10.0 Å². The van der Waals surface area contributed by atoms with Gasteiger partial charge in [-0.1, -0.05) is 29.8 Å². The monoisotopic (exact) mass is 456 g/mol. The average Bonchev–Trinajstić information content (AvgIpc) is 3.01. The van der Waals surface area contributed by atoms with E-state index in [0.717, 1.165) is 58.2 Å². The summed E-state index contributed by atoms with van der Waals surface area (Å²) in [4.78, 5) is 2.52. The van der Waals surface area contributed by atoms with Crippen molar-refractivity contribution in [2.24, 2.45) is 5.92 Å². The van der Waals surface area contributed by atoms with Gasteiger partial charge in [0.25, 0.3) is 0 Å².